The zero-order valence-electron chi connectivity index (χ0n) is 10.1. The monoisotopic (exact) mass is 249 g/mol. The number of esters is 1. The fraction of sp³-hybridized carbons (Fsp3) is 0.900. The van der Waals surface area contributed by atoms with Crippen molar-refractivity contribution in [3.8, 4) is 0 Å². The summed E-state index contributed by atoms with van der Waals surface area (Å²) in [6.07, 6.45) is 1.49. The van der Waals surface area contributed by atoms with Gasteiger partial charge in [0.15, 0.2) is 9.84 Å². The van der Waals surface area contributed by atoms with Crippen LogP contribution in [0.3, 0.4) is 0 Å². The summed E-state index contributed by atoms with van der Waals surface area (Å²) in [5.41, 5.74) is -0.540. The molecule has 0 bridgehead atoms. The van der Waals surface area contributed by atoms with E-state index in [0.29, 0.717) is 13.0 Å². The fourth-order valence-electron chi connectivity index (χ4n) is 1.58. The Labute approximate surface area is 96.5 Å². The van der Waals surface area contributed by atoms with E-state index in [0.717, 1.165) is 0 Å². The number of carbonyl (C=O) groups is 1. The highest BCUT2D eigenvalue weighted by Gasteiger charge is 2.36. The predicted molar refractivity (Wildman–Crippen MR) is 60.9 cm³/mol. The van der Waals surface area contributed by atoms with Crippen LogP contribution in [0.4, 0.5) is 0 Å². The smallest absolute Gasteiger partial charge is 0.323 e. The summed E-state index contributed by atoms with van der Waals surface area (Å²) in [6, 6.07) is -0.501. The quantitative estimate of drug-likeness (QED) is 0.703. The van der Waals surface area contributed by atoms with Gasteiger partial charge in [0.1, 0.15) is 11.6 Å². The van der Waals surface area contributed by atoms with Crippen molar-refractivity contribution in [3.05, 3.63) is 0 Å². The van der Waals surface area contributed by atoms with Gasteiger partial charge < -0.3 is 10.1 Å². The van der Waals surface area contributed by atoms with E-state index in [1.54, 1.807) is 20.8 Å². The minimum Gasteiger partial charge on any atom is -0.459 e. The van der Waals surface area contributed by atoms with Crippen molar-refractivity contribution in [1.82, 2.24) is 5.32 Å². The van der Waals surface area contributed by atoms with Crippen LogP contribution in [0.15, 0.2) is 0 Å². The molecule has 0 unspecified atom stereocenters. The number of hydrogen-bond donors (Lipinski definition) is 1. The molecule has 0 spiro atoms. The standard InChI is InChI=1S/C10H19NO4S/c1-10(2,3)15-9(12)8-5-7(6-11-8)16(4,13)14/h7-8,11H,5-6H2,1-4H3/t7-,8+/m1/s1. The van der Waals surface area contributed by atoms with Gasteiger partial charge >= 0.3 is 5.97 Å². The van der Waals surface area contributed by atoms with Crippen LogP contribution in [0.25, 0.3) is 0 Å². The average molecular weight is 249 g/mol. The molecule has 0 aromatic heterocycles. The lowest BCUT2D eigenvalue weighted by molar-refractivity contribution is -0.156. The third-order valence-corrected chi connectivity index (χ3v) is 3.96. The average Bonchev–Trinajstić information content (AvgIpc) is 2.46. The topological polar surface area (TPSA) is 72.5 Å². The zero-order chi connectivity index (χ0) is 12.6. The molecule has 0 amide bonds. The van der Waals surface area contributed by atoms with Crippen LogP contribution < -0.4 is 5.32 Å². The third kappa shape index (κ3) is 3.75. The Kier molecular flexibility index (Phi) is 3.64. The zero-order valence-corrected chi connectivity index (χ0v) is 10.9. The van der Waals surface area contributed by atoms with Gasteiger partial charge in [-0.05, 0) is 27.2 Å². The highest BCUT2D eigenvalue weighted by atomic mass is 32.2. The molecule has 2 atom stereocenters. The van der Waals surface area contributed by atoms with Gasteiger partial charge in [-0.2, -0.15) is 0 Å². The Morgan fingerprint density at radius 2 is 1.94 bits per heavy atom. The molecule has 5 nitrogen and oxygen atoms in total. The molecule has 0 saturated carbocycles. The van der Waals surface area contributed by atoms with Gasteiger partial charge in [0.05, 0.1) is 5.25 Å². The van der Waals surface area contributed by atoms with Crippen molar-refractivity contribution in [2.24, 2.45) is 0 Å². The Morgan fingerprint density at radius 3 is 2.31 bits per heavy atom. The first-order valence-electron chi connectivity index (χ1n) is 5.25. The van der Waals surface area contributed by atoms with Crippen molar-refractivity contribution in [1.29, 1.82) is 0 Å². The van der Waals surface area contributed by atoms with E-state index >= 15 is 0 Å². The van der Waals surface area contributed by atoms with E-state index in [1.807, 2.05) is 0 Å². The van der Waals surface area contributed by atoms with E-state index in [9.17, 15) is 13.2 Å². The number of ether oxygens (including phenoxy) is 1. The second-order valence-electron chi connectivity index (χ2n) is 5.18. The number of carbonyl (C=O) groups excluding carboxylic acids is 1. The molecule has 0 aromatic carbocycles. The number of sulfone groups is 1. The third-order valence-electron chi connectivity index (χ3n) is 2.39. The minimum atomic E-state index is -3.08. The van der Waals surface area contributed by atoms with E-state index in [4.69, 9.17) is 4.74 Å². The van der Waals surface area contributed by atoms with Crippen LogP contribution in [-0.4, -0.2) is 44.1 Å². The van der Waals surface area contributed by atoms with E-state index in [1.165, 1.54) is 6.26 Å². The Balaban J connectivity index is 2.57. The minimum absolute atomic E-state index is 0.299. The lowest BCUT2D eigenvalue weighted by Gasteiger charge is -2.22. The van der Waals surface area contributed by atoms with Crippen LogP contribution in [0.5, 0.6) is 0 Å². The first-order chi connectivity index (χ1) is 7.09. The van der Waals surface area contributed by atoms with Crippen molar-refractivity contribution in [2.45, 2.75) is 44.1 Å². The lowest BCUT2D eigenvalue weighted by atomic mass is 10.2. The molecule has 16 heavy (non-hydrogen) atoms. The number of rotatable bonds is 2. The SMILES string of the molecule is CC(C)(C)OC(=O)[C@@H]1C[C@@H](S(C)(=O)=O)CN1. The summed E-state index contributed by atoms with van der Waals surface area (Å²) in [4.78, 5) is 11.7. The van der Waals surface area contributed by atoms with Gasteiger partial charge in [-0.15, -0.1) is 0 Å². The summed E-state index contributed by atoms with van der Waals surface area (Å²) in [7, 11) is -3.08. The molecule has 1 saturated heterocycles. The van der Waals surface area contributed by atoms with Crippen LogP contribution >= 0.6 is 0 Å². The summed E-state index contributed by atoms with van der Waals surface area (Å²) in [5, 5.41) is 2.40. The summed E-state index contributed by atoms with van der Waals surface area (Å²) in [6.45, 7) is 5.68. The predicted octanol–water partition coefficient (Wildman–Crippen LogP) is 0.103. The normalized spacial score (nSPS) is 26.8. The fourth-order valence-corrected chi connectivity index (χ4v) is 2.52. The number of nitrogens with one attached hydrogen (secondary N) is 1. The van der Waals surface area contributed by atoms with Gasteiger partial charge in [0.2, 0.25) is 0 Å². The first kappa shape index (κ1) is 13.4. The summed E-state index contributed by atoms with van der Waals surface area (Å²) < 4.78 is 27.8. The molecule has 1 aliphatic rings. The number of hydrogen-bond acceptors (Lipinski definition) is 5. The molecule has 0 aromatic rings. The van der Waals surface area contributed by atoms with Crippen molar-refractivity contribution >= 4 is 15.8 Å². The Hall–Kier alpha value is -0.620. The maximum atomic E-state index is 11.7. The maximum Gasteiger partial charge on any atom is 0.323 e. The highest BCUT2D eigenvalue weighted by molar-refractivity contribution is 7.91. The van der Waals surface area contributed by atoms with Crippen molar-refractivity contribution in [3.63, 3.8) is 0 Å². The molecular formula is C10H19NO4S. The van der Waals surface area contributed by atoms with Gasteiger partial charge in [0.25, 0.3) is 0 Å². The molecule has 6 heteroatoms. The molecule has 0 radical (unpaired) electrons. The molecule has 1 aliphatic heterocycles. The second kappa shape index (κ2) is 4.33. The molecule has 1 N–H and O–H groups in total. The van der Waals surface area contributed by atoms with E-state index in [-0.39, 0.29) is 5.97 Å². The lowest BCUT2D eigenvalue weighted by Crippen LogP contribution is -2.37. The highest BCUT2D eigenvalue weighted by Crippen LogP contribution is 2.17. The van der Waals surface area contributed by atoms with Gasteiger partial charge in [0, 0.05) is 12.8 Å². The van der Waals surface area contributed by atoms with Crippen molar-refractivity contribution < 1.29 is 17.9 Å². The molecule has 94 valence electrons. The first-order valence-corrected chi connectivity index (χ1v) is 7.20. The molecule has 0 aliphatic carbocycles. The summed E-state index contributed by atoms with van der Waals surface area (Å²) >= 11 is 0. The Morgan fingerprint density at radius 1 is 1.38 bits per heavy atom. The van der Waals surface area contributed by atoms with Gasteiger partial charge in [-0.1, -0.05) is 0 Å². The van der Waals surface area contributed by atoms with Crippen LogP contribution in [0.2, 0.25) is 0 Å². The molecule has 1 fully saturated rings. The molecular weight excluding hydrogens is 230 g/mol. The van der Waals surface area contributed by atoms with Gasteiger partial charge in [-0.25, -0.2) is 8.42 Å². The Bertz CT molecular complexity index is 369. The largest absolute Gasteiger partial charge is 0.459 e. The van der Waals surface area contributed by atoms with E-state index in [2.05, 4.69) is 5.32 Å². The van der Waals surface area contributed by atoms with Gasteiger partial charge in [-0.3, -0.25) is 4.79 Å². The summed E-state index contributed by atoms with van der Waals surface area (Å²) in [5.74, 6) is -0.376. The molecule has 1 rings (SSSR count). The van der Waals surface area contributed by atoms with Crippen LogP contribution in [0.1, 0.15) is 27.2 Å². The van der Waals surface area contributed by atoms with Crippen molar-refractivity contribution in [2.75, 3.05) is 12.8 Å². The second-order valence-corrected chi connectivity index (χ2v) is 7.51. The van der Waals surface area contributed by atoms with Crippen LogP contribution in [-0.2, 0) is 19.4 Å². The van der Waals surface area contributed by atoms with E-state index < -0.39 is 26.7 Å². The molecule has 1 heterocycles. The van der Waals surface area contributed by atoms with Crippen LogP contribution in [0, 0.1) is 0 Å². The maximum absolute atomic E-state index is 11.7.